The number of ether oxygens (including phenoxy) is 1. The van der Waals surface area contributed by atoms with Gasteiger partial charge in [-0.3, -0.25) is 4.79 Å². The standard InChI is InChI=1S/C5H8F2O2.ClH/c1-9-5(8)3-2-4(6)7;/h4H,2-3H2,1H3;1H. The van der Waals surface area contributed by atoms with Crippen LogP contribution in [0.1, 0.15) is 12.8 Å². The molecule has 0 spiro atoms. The Hall–Kier alpha value is -0.380. The van der Waals surface area contributed by atoms with Crippen LogP contribution in [0.2, 0.25) is 0 Å². The average Bonchev–Trinajstić information content (AvgIpc) is 1.83. The van der Waals surface area contributed by atoms with Gasteiger partial charge in [0, 0.05) is 6.42 Å². The zero-order valence-corrected chi connectivity index (χ0v) is 6.29. The summed E-state index contributed by atoms with van der Waals surface area (Å²) in [7, 11) is 1.17. The molecule has 0 aromatic carbocycles. The van der Waals surface area contributed by atoms with Crippen LogP contribution in [-0.4, -0.2) is 19.5 Å². The van der Waals surface area contributed by atoms with Gasteiger partial charge >= 0.3 is 5.97 Å². The lowest BCUT2D eigenvalue weighted by Crippen LogP contribution is -2.02. The average molecular weight is 175 g/mol. The topological polar surface area (TPSA) is 26.3 Å². The number of rotatable bonds is 3. The van der Waals surface area contributed by atoms with Crippen molar-refractivity contribution in [3.63, 3.8) is 0 Å². The van der Waals surface area contributed by atoms with Crippen molar-refractivity contribution in [3.8, 4) is 0 Å². The molecule has 62 valence electrons. The van der Waals surface area contributed by atoms with Gasteiger partial charge in [-0.25, -0.2) is 8.78 Å². The summed E-state index contributed by atoms with van der Waals surface area (Å²) in [5.74, 6) is -0.588. The van der Waals surface area contributed by atoms with Crippen molar-refractivity contribution in [1.29, 1.82) is 0 Å². The molecule has 0 unspecified atom stereocenters. The van der Waals surface area contributed by atoms with Gasteiger partial charge in [0.1, 0.15) is 0 Å². The lowest BCUT2D eigenvalue weighted by molar-refractivity contribution is -0.141. The third-order valence-electron chi connectivity index (χ3n) is 0.794. The van der Waals surface area contributed by atoms with Gasteiger partial charge in [0.2, 0.25) is 6.43 Å². The minimum atomic E-state index is -2.41. The molecule has 0 saturated carbocycles. The lowest BCUT2D eigenvalue weighted by atomic mass is 10.3. The number of carbonyl (C=O) groups excluding carboxylic acids is 1. The zero-order valence-electron chi connectivity index (χ0n) is 5.47. The van der Waals surface area contributed by atoms with Crippen LogP contribution in [0.15, 0.2) is 0 Å². The highest BCUT2D eigenvalue weighted by molar-refractivity contribution is 5.85. The number of esters is 1. The first-order valence-corrected chi connectivity index (χ1v) is 2.51. The minimum Gasteiger partial charge on any atom is -0.469 e. The van der Waals surface area contributed by atoms with E-state index in [0.29, 0.717) is 0 Å². The summed E-state index contributed by atoms with van der Waals surface area (Å²) in [6.07, 6.45) is -3.02. The van der Waals surface area contributed by atoms with Crippen LogP contribution in [0.5, 0.6) is 0 Å². The van der Waals surface area contributed by atoms with Crippen molar-refractivity contribution < 1.29 is 18.3 Å². The highest BCUT2D eigenvalue weighted by atomic mass is 35.5. The van der Waals surface area contributed by atoms with Crippen LogP contribution in [-0.2, 0) is 9.53 Å². The molecule has 0 amide bonds. The summed E-state index contributed by atoms with van der Waals surface area (Å²) in [5.41, 5.74) is 0. The number of carbonyl (C=O) groups is 1. The van der Waals surface area contributed by atoms with E-state index in [1.165, 1.54) is 7.11 Å². The second-order valence-electron chi connectivity index (χ2n) is 1.51. The van der Waals surface area contributed by atoms with Crippen LogP contribution < -0.4 is 0 Å². The van der Waals surface area contributed by atoms with Crippen LogP contribution in [0.3, 0.4) is 0 Å². The molecule has 0 N–H and O–H groups in total. The van der Waals surface area contributed by atoms with Gasteiger partial charge < -0.3 is 4.74 Å². The molecule has 0 saturated heterocycles. The Labute approximate surface area is 64.0 Å². The first kappa shape index (κ1) is 12.3. The Kier molecular flexibility index (Phi) is 8.29. The van der Waals surface area contributed by atoms with Crippen molar-refractivity contribution in [3.05, 3.63) is 0 Å². The number of alkyl halides is 2. The van der Waals surface area contributed by atoms with E-state index >= 15 is 0 Å². The second kappa shape index (κ2) is 6.74. The maximum Gasteiger partial charge on any atom is 0.305 e. The Morgan fingerprint density at radius 2 is 2.10 bits per heavy atom. The molecule has 0 aromatic heterocycles. The molecule has 0 heterocycles. The SMILES string of the molecule is COC(=O)CCC(F)F.Cl. The molecule has 0 aliphatic rings. The van der Waals surface area contributed by atoms with E-state index < -0.39 is 18.8 Å². The van der Waals surface area contributed by atoms with Gasteiger partial charge in [-0.2, -0.15) is 0 Å². The van der Waals surface area contributed by atoms with Crippen LogP contribution in [0.25, 0.3) is 0 Å². The molecule has 0 aliphatic heterocycles. The number of hydrogen-bond donors (Lipinski definition) is 0. The molecule has 0 bridgehead atoms. The third kappa shape index (κ3) is 7.62. The van der Waals surface area contributed by atoms with Gasteiger partial charge in [-0.15, -0.1) is 12.4 Å². The van der Waals surface area contributed by atoms with E-state index in [4.69, 9.17) is 0 Å². The van der Waals surface area contributed by atoms with E-state index in [-0.39, 0.29) is 18.8 Å². The van der Waals surface area contributed by atoms with Crippen molar-refractivity contribution >= 4 is 18.4 Å². The fraction of sp³-hybridized carbons (Fsp3) is 0.800. The van der Waals surface area contributed by atoms with Gasteiger partial charge in [0.05, 0.1) is 13.5 Å². The van der Waals surface area contributed by atoms with Crippen LogP contribution in [0.4, 0.5) is 8.78 Å². The monoisotopic (exact) mass is 174 g/mol. The smallest absolute Gasteiger partial charge is 0.305 e. The summed E-state index contributed by atoms with van der Waals surface area (Å²) in [6.45, 7) is 0. The summed E-state index contributed by atoms with van der Waals surface area (Å²) < 4.78 is 26.8. The Morgan fingerprint density at radius 1 is 1.60 bits per heavy atom. The second-order valence-corrected chi connectivity index (χ2v) is 1.51. The zero-order chi connectivity index (χ0) is 7.28. The minimum absolute atomic E-state index is 0. The van der Waals surface area contributed by atoms with E-state index in [9.17, 15) is 13.6 Å². The van der Waals surface area contributed by atoms with Crippen molar-refractivity contribution in [1.82, 2.24) is 0 Å². The van der Waals surface area contributed by atoms with Crippen molar-refractivity contribution in [2.75, 3.05) is 7.11 Å². The Bertz CT molecular complexity index is 97.6. The third-order valence-corrected chi connectivity index (χ3v) is 0.794. The maximum atomic E-state index is 11.3. The molecule has 2 nitrogen and oxygen atoms in total. The fourth-order valence-corrected chi connectivity index (χ4v) is 0.329. The van der Waals surface area contributed by atoms with Gasteiger partial charge in [-0.05, 0) is 0 Å². The highest BCUT2D eigenvalue weighted by Crippen LogP contribution is 2.02. The van der Waals surface area contributed by atoms with Gasteiger partial charge in [0.15, 0.2) is 0 Å². The van der Waals surface area contributed by atoms with Crippen LogP contribution in [0, 0.1) is 0 Å². The van der Waals surface area contributed by atoms with E-state index in [1.54, 1.807) is 0 Å². The lowest BCUT2D eigenvalue weighted by Gasteiger charge is -1.96. The fourth-order valence-electron chi connectivity index (χ4n) is 0.329. The normalized spacial score (nSPS) is 8.80. The molecule has 5 heteroatoms. The molecule has 0 atom stereocenters. The number of methoxy groups -OCH3 is 1. The van der Waals surface area contributed by atoms with E-state index in [1.807, 2.05) is 0 Å². The summed E-state index contributed by atoms with van der Waals surface area (Å²) in [4.78, 5) is 10.2. The molecule has 0 rings (SSSR count). The summed E-state index contributed by atoms with van der Waals surface area (Å²) in [6, 6.07) is 0. The Balaban J connectivity index is 0. The predicted octanol–water partition coefficient (Wildman–Crippen LogP) is 1.63. The maximum absolute atomic E-state index is 11.3. The molecular weight excluding hydrogens is 166 g/mol. The van der Waals surface area contributed by atoms with Crippen LogP contribution >= 0.6 is 12.4 Å². The van der Waals surface area contributed by atoms with Crippen molar-refractivity contribution in [2.45, 2.75) is 19.3 Å². The van der Waals surface area contributed by atoms with Gasteiger partial charge in [0.25, 0.3) is 0 Å². The first-order chi connectivity index (χ1) is 4.16. The first-order valence-electron chi connectivity index (χ1n) is 2.51. The number of hydrogen-bond acceptors (Lipinski definition) is 2. The largest absolute Gasteiger partial charge is 0.469 e. The molecule has 0 aliphatic carbocycles. The summed E-state index contributed by atoms with van der Waals surface area (Å²) >= 11 is 0. The van der Waals surface area contributed by atoms with Crippen molar-refractivity contribution in [2.24, 2.45) is 0 Å². The van der Waals surface area contributed by atoms with E-state index in [2.05, 4.69) is 4.74 Å². The molecule has 0 aromatic rings. The summed E-state index contributed by atoms with van der Waals surface area (Å²) in [5, 5.41) is 0. The Morgan fingerprint density at radius 3 is 2.40 bits per heavy atom. The van der Waals surface area contributed by atoms with E-state index in [0.717, 1.165) is 0 Å². The predicted molar refractivity (Wildman–Crippen MR) is 34.5 cm³/mol. The molecular formula is C5H9ClF2O2. The quantitative estimate of drug-likeness (QED) is 0.608. The van der Waals surface area contributed by atoms with Gasteiger partial charge in [-0.1, -0.05) is 0 Å². The molecule has 0 fully saturated rings. The number of halogens is 3. The molecule has 0 radical (unpaired) electrons. The molecule has 10 heavy (non-hydrogen) atoms. The highest BCUT2D eigenvalue weighted by Gasteiger charge is 2.06.